The number of benzene rings is 2. The van der Waals surface area contributed by atoms with Gasteiger partial charge in [-0.15, -0.1) is 5.10 Å². The summed E-state index contributed by atoms with van der Waals surface area (Å²) in [5.74, 6) is 6.37. The minimum atomic E-state index is 0.381. The largest absolute Gasteiger partial charge is 0.380 e. The Hall–Kier alpha value is -4.17. The molecular weight excluding hydrogens is 554 g/mol. The van der Waals surface area contributed by atoms with Crippen molar-refractivity contribution in [2.45, 2.75) is 70.5 Å². The monoisotopic (exact) mass is 597 g/mol. The second kappa shape index (κ2) is 17.8. The maximum atomic E-state index is 11.5. The summed E-state index contributed by atoms with van der Waals surface area (Å²) >= 11 is 0. The molecule has 4 rings (SSSR count). The molecule has 1 heterocycles. The average Bonchev–Trinajstić information content (AvgIpc) is 3.54. The molecule has 232 valence electrons. The van der Waals surface area contributed by atoms with Crippen molar-refractivity contribution in [3.63, 3.8) is 0 Å². The first kappa shape index (κ1) is 32.7. The molecule has 0 radical (unpaired) electrons. The molecule has 0 spiro atoms. The second-order valence-electron chi connectivity index (χ2n) is 10.9. The molecule has 2 N–H and O–H groups in total. The number of carbonyl (C=O) groups is 2. The van der Waals surface area contributed by atoms with Crippen LogP contribution < -0.4 is 10.7 Å². The molecule has 1 aliphatic rings. The Bertz CT molecular complexity index is 1420. The average molecular weight is 598 g/mol. The number of amides is 1. The lowest BCUT2D eigenvalue weighted by atomic mass is 9.91. The lowest BCUT2D eigenvalue weighted by molar-refractivity contribution is -0.113. The number of nitrogens with zero attached hydrogens (tertiary/aromatic N) is 5. The number of aldehydes is 1. The summed E-state index contributed by atoms with van der Waals surface area (Å²) in [4.78, 5) is 26.6. The zero-order chi connectivity index (χ0) is 31.0. The van der Waals surface area contributed by atoms with Gasteiger partial charge in [0.05, 0.1) is 24.5 Å². The van der Waals surface area contributed by atoms with E-state index in [2.05, 4.69) is 63.1 Å². The summed E-state index contributed by atoms with van der Waals surface area (Å²) in [5.41, 5.74) is 7.64. The molecule has 1 aromatic heterocycles. The number of hydrogen-bond acceptors (Lipinski definition) is 8. The van der Waals surface area contributed by atoms with Crippen LogP contribution in [0, 0.1) is 11.8 Å². The summed E-state index contributed by atoms with van der Waals surface area (Å²) in [6.07, 6.45) is 12.2. The van der Waals surface area contributed by atoms with Crippen LogP contribution in [0.1, 0.15) is 79.4 Å². The van der Waals surface area contributed by atoms with Gasteiger partial charge in [0.15, 0.2) is 0 Å². The van der Waals surface area contributed by atoms with Crippen molar-refractivity contribution in [2.75, 3.05) is 26.8 Å². The summed E-state index contributed by atoms with van der Waals surface area (Å²) in [6, 6.07) is 14.5. The number of aromatic nitrogens is 3. The van der Waals surface area contributed by atoms with Crippen molar-refractivity contribution < 1.29 is 14.3 Å². The highest BCUT2D eigenvalue weighted by atomic mass is 16.5. The molecule has 0 atom stereocenters. The Balaban J connectivity index is 1.10. The molecule has 3 aromatic rings. The number of rotatable bonds is 16. The number of carbonyl (C=O) groups excluding carboxylic acids is 2. The Morgan fingerprint density at radius 1 is 1.11 bits per heavy atom. The molecule has 10 heteroatoms. The first-order valence-corrected chi connectivity index (χ1v) is 15.4. The third-order valence-electron chi connectivity index (χ3n) is 7.67. The van der Waals surface area contributed by atoms with E-state index in [1.807, 2.05) is 35.2 Å². The van der Waals surface area contributed by atoms with E-state index in [9.17, 15) is 9.59 Å². The fourth-order valence-corrected chi connectivity index (χ4v) is 5.29. The van der Waals surface area contributed by atoms with E-state index in [0.717, 1.165) is 79.4 Å². The highest BCUT2D eigenvalue weighted by Gasteiger charge is 2.23. The highest BCUT2D eigenvalue weighted by molar-refractivity contribution is 5.78. The van der Waals surface area contributed by atoms with Crippen LogP contribution in [0.3, 0.4) is 0 Å². The van der Waals surface area contributed by atoms with Crippen LogP contribution in [0.15, 0.2) is 53.7 Å². The minimum Gasteiger partial charge on any atom is -0.380 e. The van der Waals surface area contributed by atoms with E-state index in [-0.39, 0.29) is 0 Å². The van der Waals surface area contributed by atoms with Crippen molar-refractivity contribution in [3.05, 3.63) is 65.4 Å². The van der Waals surface area contributed by atoms with E-state index in [1.54, 1.807) is 18.1 Å². The predicted octanol–water partition coefficient (Wildman–Crippen LogP) is 4.88. The standard InChI is InChI=1S/C34H43N7O3/c1-3-19-35-30-13-11-28(12-14-30)34-24-41(39-38-34)32-17-15-31(16-18-32)36-20-22-44-21-6-4-5-8-27-9-7-10-29(25-42)33(27)23-40(2)37-26-43/h7,9-14,19,24-26,31-32,36H,3-4,6,15-18,20-23H2,1-2H3,(H,37,43). The molecule has 1 aliphatic carbocycles. The van der Waals surface area contributed by atoms with Crippen molar-refractivity contribution in [1.29, 1.82) is 0 Å². The zero-order valence-corrected chi connectivity index (χ0v) is 25.7. The van der Waals surface area contributed by atoms with E-state index in [4.69, 9.17) is 4.74 Å². The van der Waals surface area contributed by atoms with Crippen LogP contribution in [0.25, 0.3) is 11.3 Å². The molecule has 44 heavy (non-hydrogen) atoms. The molecule has 0 aliphatic heterocycles. The Morgan fingerprint density at radius 3 is 2.68 bits per heavy atom. The van der Waals surface area contributed by atoms with Gasteiger partial charge in [-0.25, -0.2) is 9.69 Å². The Morgan fingerprint density at radius 2 is 1.93 bits per heavy atom. The third kappa shape index (κ3) is 9.95. The first-order chi connectivity index (χ1) is 21.6. The first-order valence-electron chi connectivity index (χ1n) is 15.4. The molecule has 2 aromatic carbocycles. The van der Waals surface area contributed by atoms with Gasteiger partial charge in [-0.1, -0.05) is 48.2 Å². The molecule has 10 nitrogen and oxygen atoms in total. The van der Waals surface area contributed by atoms with Gasteiger partial charge in [-0.05, 0) is 62.3 Å². The summed E-state index contributed by atoms with van der Waals surface area (Å²) < 4.78 is 7.86. The maximum Gasteiger partial charge on any atom is 0.221 e. The summed E-state index contributed by atoms with van der Waals surface area (Å²) in [5, 5.41) is 14.1. The molecule has 0 bridgehead atoms. The highest BCUT2D eigenvalue weighted by Crippen LogP contribution is 2.29. The second-order valence-corrected chi connectivity index (χ2v) is 10.9. The zero-order valence-electron chi connectivity index (χ0n) is 25.7. The lowest BCUT2D eigenvalue weighted by Crippen LogP contribution is -2.35. The SMILES string of the molecule is CCC=Nc1ccc(-c2cn(C3CCC(NCCOCCCC#Cc4cccc(C=O)c4CN(C)NC=O)CC3)nn2)cc1. The molecular formula is C34H43N7O3. The number of unbranched alkanes of at least 4 members (excludes halogenated alkanes) is 1. The molecule has 1 saturated carbocycles. The van der Waals surface area contributed by atoms with Crippen molar-refractivity contribution in [1.82, 2.24) is 30.7 Å². The van der Waals surface area contributed by atoms with E-state index >= 15 is 0 Å². The number of nitrogens with one attached hydrogen (secondary N) is 2. The normalized spacial score (nSPS) is 16.5. The molecule has 0 unspecified atom stereocenters. The fraction of sp³-hybridized carbons (Fsp3) is 0.441. The van der Waals surface area contributed by atoms with Gasteiger partial charge >= 0.3 is 0 Å². The van der Waals surface area contributed by atoms with Gasteiger partial charge in [0.1, 0.15) is 12.0 Å². The van der Waals surface area contributed by atoms with Crippen LogP contribution in [0.2, 0.25) is 0 Å². The van der Waals surface area contributed by atoms with Gasteiger partial charge < -0.3 is 10.1 Å². The number of aliphatic imine (C=N–C) groups is 1. The molecule has 1 amide bonds. The van der Waals surface area contributed by atoms with E-state index in [1.165, 1.54) is 0 Å². The van der Waals surface area contributed by atoms with Crippen LogP contribution in [-0.2, 0) is 16.1 Å². The van der Waals surface area contributed by atoms with E-state index in [0.29, 0.717) is 50.2 Å². The van der Waals surface area contributed by atoms with Gasteiger partial charge in [0.25, 0.3) is 0 Å². The van der Waals surface area contributed by atoms with Crippen molar-refractivity contribution >= 4 is 24.6 Å². The Kier molecular flexibility index (Phi) is 13.3. The minimum absolute atomic E-state index is 0.381. The van der Waals surface area contributed by atoms with E-state index < -0.39 is 0 Å². The Labute approximate surface area is 260 Å². The van der Waals surface area contributed by atoms with Crippen LogP contribution >= 0.6 is 0 Å². The summed E-state index contributed by atoms with van der Waals surface area (Å²) in [7, 11) is 1.74. The lowest BCUT2D eigenvalue weighted by Gasteiger charge is -2.29. The van der Waals surface area contributed by atoms with Gasteiger partial charge in [-0.3, -0.25) is 20.0 Å². The summed E-state index contributed by atoms with van der Waals surface area (Å²) in [6.45, 7) is 4.62. The third-order valence-corrected chi connectivity index (χ3v) is 7.67. The topological polar surface area (TPSA) is 114 Å². The smallest absolute Gasteiger partial charge is 0.221 e. The van der Waals surface area contributed by atoms with Gasteiger partial charge in [0, 0.05) is 62.1 Å². The fourth-order valence-electron chi connectivity index (χ4n) is 5.29. The van der Waals surface area contributed by atoms with Gasteiger partial charge in [0.2, 0.25) is 6.41 Å². The van der Waals surface area contributed by atoms with Crippen LogP contribution in [0.5, 0.6) is 0 Å². The van der Waals surface area contributed by atoms with Gasteiger partial charge in [-0.2, -0.15) is 0 Å². The van der Waals surface area contributed by atoms with Crippen molar-refractivity contribution in [2.24, 2.45) is 4.99 Å². The van der Waals surface area contributed by atoms with Crippen LogP contribution in [0.4, 0.5) is 5.69 Å². The number of ether oxygens (including phenoxy) is 1. The predicted molar refractivity (Wildman–Crippen MR) is 173 cm³/mol. The number of hydrazine groups is 1. The van der Waals surface area contributed by atoms with Crippen molar-refractivity contribution in [3.8, 4) is 23.1 Å². The quantitative estimate of drug-likeness (QED) is 0.0795. The van der Waals surface area contributed by atoms with Crippen LogP contribution in [-0.4, -0.2) is 71.8 Å². The molecule has 0 saturated heterocycles. The molecule has 1 fully saturated rings. The maximum absolute atomic E-state index is 11.5. The number of hydrogen-bond donors (Lipinski definition) is 2.